The van der Waals surface area contributed by atoms with Crippen molar-refractivity contribution in [3.63, 3.8) is 0 Å². The summed E-state index contributed by atoms with van der Waals surface area (Å²) >= 11 is 0. The fraction of sp³-hybridized carbons (Fsp3) is 0.909. The third kappa shape index (κ3) is 2.84. The van der Waals surface area contributed by atoms with Crippen LogP contribution in [0.3, 0.4) is 0 Å². The molecule has 0 aromatic rings. The van der Waals surface area contributed by atoms with Gasteiger partial charge in [-0.1, -0.05) is 34.1 Å². The standard InChI is InChI=1S/C11H21/c1-10(2)6-5-7-11(3,4)9-8-10/h8H,5-7,9H2,1-4H3. The second-order valence-corrected chi connectivity index (χ2v) is 5.41. The molecule has 0 bridgehead atoms. The van der Waals surface area contributed by atoms with Gasteiger partial charge in [-0.25, -0.2) is 0 Å². The quantitative estimate of drug-likeness (QED) is 0.464. The first-order chi connectivity index (χ1) is 4.91. The maximum absolute atomic E-state index is 2.51. The molecule has 0 N–H and O–H groups in total. The summed E-state index contributed by atoms with van der Waals surface area (Å²) in [6.45, 7) is 9.47. The molecular weight excluding hydrogens is 132 g/mol. The lowest BCUT2D eigenvalue weighted by Gasteiger charge is -2.24. The van der Waals surface area contributed by atoms with Crippen LogP contribution in [0.5, 0.6) is 0 Å². The molecule has 0 aromatic carbocycles. The molecule has 0 aromatic heterocycles. The highest BCUT2D eigenvalue weighted by molar-refractivity contribution is 4.92. The molecule has 1 fully saturated rings. The van der Waals surface area contributed by atoms with E-state index in [2.05, 4.69) is 34.1 Å². The molecular formula is C11H21. The van der Waals surface area contributed by atoms with E-state index < -0.39 is 0 Å². The van der Waals surface area contributed by atoms with Crippen molar-refractivity contribution in [1.82, 2.24) is 0 Å². The minimum atomic E-state index is 0.494. The third-order valence-electron chi connectivity index (χ3n) is 2.88. The molecule has 0 nitrogen and oxygen atoms in total. The molecule has 1 saturated carbocycles. The zero-order valence-corrected chi connectivity index (χ0v) is 8.41. The predicted molar refractivity (Wildman–Crippen MR) is 50.3 cm³/mol. The Morgan fingerprint density at radius 1 is 1.00 bits per heavy atom. The summed E-state index contributed by atoms with van der Waals surface area (Å²) in [5.74, 6) is 0. The first kappa shape index (κ1) is 9.09. The Balaban J connectivity index is 2.53. The highest BCUT2D eigenvalue weighted by Crippen LogP contribution is 2.40. The van der Waals surface area contributed by atoms with Gasteiger partial charge in [0.2, 0.25) is 0 Å². The number of rotatable bonds is 0. The summed E-state index contributed by atoms with van der Waals surface area (Å²) in [6, 6.07) is 0. The minimum absolute atomic E-state index is 0.494. The van der Waals surface area contributed by atoms with Crippen LogP contribution in [0, 0.1) is 17.3 Å². The van der Waals surface area contributed by atoms with Gasteiger partial charge in [-0.05, 0) is 36.5 Å². The number of hydrogen-bond donors (Lipinski definition) is 0. The lowest BCUT2D eigenvalue weighted by molar-refractivity contribution is 0.333. The monoisotopic (exact) mass is 153 g/mol. The van der Waals surface area contributed by atoms with Gasteiger partial charge in [0.1, 0.15) is 0 Å². The van der Waals surface area contributed by atoms with Crippen LogP contribution in [0.15, 0.2) is 0 Å². The first-order valence-corrected chi connectivity index (χ1v) is 4.76. The van der Waals surface area contributed by atoms with Crippen molar-refractivity contribution in [1.29, 1.82) is 0 Å². The Kier molecular flexibility index (Phi) is 2.32. The van der Waals surface area contributed by atoms with Gasteiger partial charge in [-0.3, -0.25) is 0 Å². The fourth-order valence-electron chi connectivity index (χ4n) is 1.78. The lowest BCUT2D eigenvalue weighted by Crippen LogP contribution is -2.13. The molecule has 0 amide bonds. The van der Waals surface area contributed by atoms with Gasteiger partial charge in [0, 0.05) is 0 Å². The maximum Gasteiger partial charge on any atom is -0.0323 e. The molecule has 1 radical (unpaired) electrons. The average Bonchev–Trinajstić information content (AvgIpc) is 1.92. The summed E-state index contributed by atoms with van der Waals surface area (Å²) in [4.78, 5) is 0. The van der Waals surface area contributed by atoms with Crippen molar-refractivity contribution in [3.8, 4) is 0 Å². The zero-order valence-electron chi connectivity index (χ0n) is 8.41. The highest BCUT2D eigenvalue weighted by atomic mass is 14.3. The maximum atomic E-state index is 2.51. The molecule has 0 saturated heterocycles. The van der Waals surface area contributed by atoms with E-state index >= 15 is 0 Å². The predicted octanol–water partition coefficient (Wildman–Crippen LogP) is 3.82. The topological polar surface area (TPSA) is 0 Å². The van der Waals surface area contributed by atoms with Crippen LogP contribution in [0.2, 0.25) is 0 Å². The van der Waals surface area contributed by atoms with Crippen molar-refractivity contribution >= 4 is 0 Å². The van der Waals surface area contributed by atoms with Crippen LogP contribution < -0.4 is 0 Å². The van der Waals surface area contributed by atoms with Crippen LogP contribution in [0.25, 0.3) is 0 Å². The van der Waals surface area contributed by atoms with Gasteiger partial charge < -0.3 is 0 Å². The molecule has 1 aliphatic rings. The smallest absolute Gasteiger partial charge is 0.0323 e. The summed E-state index contributed by atoms with van der Waals surface area (Å²) in [6.07, 6.45) is 7.97. The Labute approximate surface area is 71.4 Å². The molecule has 0 heteroatoms. The van der Waals surface area contributed by atoms with E-state index in [0.29, 0.717) is 10.8 Å². The Morgan fingerprint density at radius 3 is 2.27 bits per heavy atom. The van der Waals surface area contributed by atoms with Gasteiger partial charge in [0.15, 0.2) is 0 Å². The SMILES string of the molecule is CC1(C)[CH]CC(C)(C)CCC1. The largest absolute Gasteiger partial charge is 0.0599 e. The molecule has 0 aliphatic heterocycles. The van der Waals surface area contributed by atoms with Crippen molar-refractivity contribution < 1.29 is 0 Å². The zero-order chi connectivity index (χ0) is 8.54. The van der Waals surface area contributed by atoms with Crippen LogP contribution in [0.4, 0.5) is 0 Å². The van der Waals surface area contributed by atoms with Crippen LogP contribution in [0.1, 0.15) is 53.4 Å². The summed E-state index contributed by atoms with van der Waals surface area (Å²) < 4.78 is 0. The van der Waals surface area contributed by atoms with E-state index in [-0.39, 0.29) is 0 Å². The molecule has 0 spiro atoms. The van der Waals surface area contributed by atoms with E-state index in [0.717, 1.165) is 0 Å². The molecule has 0 heterocycles. The van der Waals surface area contributed by atoms with Crippen LogP contribution >= 0.6 is 0 Å². The highest BCUT2D eigenvalue weighted by Gasteiger charge is 2.28. The van der Waals surface area contributed by atoms with Gasteiger partial charge >= 0.3 is 0 Å². The molecule has 65 valence electrons. The summed E-state index contributed by atoms with van der Waals surface area (Å²) in [7, 11) is 0. The van der Waals surface area contributed by atoms with E-state index in [1.165, 1.54) is 25.7 Å². The molecule has 1 aliphatic carbocycles. The fourth-order valence-corrected chi connectivity index (χ4v) is 1.78. The van der Waals surface area contributed by atoms with E-state index in [4.69, 9.17) is 0 Å². The molecule has 0 unspecified atom stereocenters. The van der Waals surface area contributed by atoms with Crippen molar-refractivity contribution in [3.05, 3.63) is 6.42 Å². The van der Waals surface area contributed by atoms with Crippen molar-refractivity contribution in [2.45, 2.75) is 53.4 Å². The molecule has 0 atom stereocenters. The van der Waals surface area contributed by atoms with Crippen LogP contribution in [-0.2, 0) is 0 Å². The van der Waals surface area contributed by atoms with Gasteiger partial charge in [0.05, 0.1) is 0 Å². The van der Waals surface area contributed by atoms with Crippen molar-refractivity contribution in [2.24, 2.45) is 10.8 Å². The minimum Gasteiger partial charge on any atom is -0.0599 e. The molecule has 1 rings (SSSR count). The molecule has 11 heavy (non-hydrogen) atoms. The van der Waals surface area contributed by atoms with E-state index in [1.54, 1.807) is 0 Å². The second kappa shape index (κ2) is 2.80. The van der Waals surface area contributed by atoms with Gasteiger partial charge in [0.25, 0.3) is 0 Å². The van der Waals surface area contributed by atoms with E-state index in [1.807, 2.05) is 0 Å². The van der Waals surface area contributed by atoms with Crippen molar-refractivity contribution in [2.75, 3.05) is 0 Å². The Hall–Kier alpha value is 0. The second-order valence-electron chi connectivity index (χ2n) is 5.41. The lowest BCUT2D eigenvalue weighted by atomic mass is 9.81. The van der Waals surface area contributed by atoms with Crippen LogP contribution in [-0.4, -0.2) is 0 Å². The summed E-state index contributed by atoms with van der Waals surface area (Å²) in [5, 5.41) is 0. The number of hydrogen-bond acceptors (Lipinski definition) is 0. The normalized spacial score (nSPS) is 29.5. The third-order valence-corrected chi connectivity index (χ3v) is 2.88. The average molecular weight is 153 g/mol. The summed E-state index contributed by atoms with van der Waals surface area (Å²) in [5.41, 5.74) is 1.06. The Bertz CT molecular complexity index is 115. The first-order valence-electron chi connectivity index (χ1n) is 4.76. The van der Waals surface area contributed by atoms with Gasteiger partial charge in [-0.2, -0.15) is 0 Å². The van der Waals surface area contributed by atoms with Gasteiger partial charge in [-0.15, -0.1) is 0 Å². The van der Waals surface area contributed by atoms with E-state index in [9.17, 15) is 0 Å². The Morgan fingerprint density at radius 2 is 1.64 bits per heavy atom.